The van der Waals surface area contributed by atoms with E-state index in [1.807, 2.05) is 48.7 Å². The van der Waals surface area contributed by atoms with Gasteiger partial charge in [0.05, 0.1) is 5.69 Å². The van der Waals surface area contributed by atoms with Crippen molar-refractivity contribution in [2.24, 2.45) is 0 Å². The number of nitrogens with zero attached hydrogens (tertiary/aromatic N) is 3. The van der Waals surface area contributed by atoms with E-state index in [0.29, 0.717) is 6.54 Å². The maximum Gasteiger partial charge on any atom is 0.137 e. The van der Waals surface area contributed by atoms with Crippen molar-refractivity contribution in [1.29, 1.82) is 0 Å². The number of anilines is 1. The summed E-state index contributed by atoms with van der Waals surface area (Å²) in [7, 11) is 0. The molecule has 3 aromatic heterocycles. The van der Waals surface area contributed by atoms with Crippen molar-refractivity contribution in [3.63, 3.8) is 0 Å². The zero-order valence-electron chi connectivity index (χ0n) is 12.7. The molecular formula is C18H14ClN5. The third-order valence-electron chi connectivity index (χ3n) is 3.76. The third kappa shape index (κ3) is 2.94. The van der Waals surface area contributed by atoms with Gasteiger partial charge in [0.15, 0.2) is 0 Å². The van der Waals surface area contributed by atoms with Gasteiger partial charge in [-0.2, -0.15) is 0 Å². The molecule has 0 fully saturated rings. The van der Waals surface area contributed by atoms with Gasteiger partial charge in [-0.25, -0.2) is 15.0 Å². The van der Waals surface area contributed by atoms with Crippen molar-refractivity contribution >= 4 is 28.5 Å². The Morgan fingerprint density at radius 1 is 1.04 bits per heavy atom. The first-order valence-electron chi connectivity index (χ1n) is 7.52. The standard InChI is InChI=1S/C18H14ClN5/c19-13-4-1-3-12(7-13)9-21-17-8-16(23-11-24-17)15-10-22-18-14(15)5-2-6-20-18/h1-8,10-11H,9H2,(H,20,22)(H,21,23,24). The lowest BCUT2D eigenvalue weighted by Crippen LogP contribution is -2.02. The summed E-state index contributed by atoms with van der Waals surface area (Å²) in [4.78, 5) is 16.1. The molecule has 0 aliphatic carbocycles. The van der Waals surface area contributed by atoms with Crippen LogP contribution in [0.2, 0.25) is 5.02 Å². The Hall–Kier alpha value is -2.92. The summed E-state index contributed by atoms with van der Waals surface area (Å²) < 4.78 is 0. The molecule has 118 valence electrons. The molecule has 6 heteroatoms. The molecule has 5 nitrogen and oxygen atoms in total. The average molecular weight is 336 g/mol. The molecule has 0 bridgehead atoms. The van der Waals surface area contributed by atoms with Gasteiger partial charge in [-0.1, -0.05) is 23.7 Å². The SMILES string of the molecule is Clc1cccc(CNc2cc(-c3c[nH]c4ncccc34)ncn2)c1. The van der Waals surface area contributed by atoms with E-state index in [0.717, 1.165) is 38.7 Å². The van der Waals surface area contributed by atoms with Gasteiger partial charge < -0.3 is 10.3 Å². The lowest BCUT2D eigenvalue weighted by Gasteiger charge is -2.07. The number of halogens is 1. The minimum atomic E-state index is 0.645. The van der Waals surface area contributed by atoms with Gasteiger partial charge in [0.25, 0.3) is 0 Å². The van der Waals surface area contributed by atoms with Crippen LogP contribution in [0.4, 0.5) is 5.82 Å². The number of aromatic amines is 1. The van der Waals surface area contributed by atoms with Crippen LogP contribution in [0.1, 0.15) is 5.56 Å². The summed E-state index contributed by atoms with van der Waals surface area (Å²) >= 11 is 6.01. The summed E-state index contributed by atoms with van der Waals surface area (Å²) in [6.45, 7) is 0.645. The van der Waals surface area contributed by atoms with E-state index < -0.39 is 0 Å². The lowest BCUT2D eigenvalue weighted by atomic mass is 10.1. The molecule has 0 atom stereocenters. The largest absolute Gasteiger partial charge is 0.366 e. The first-order chi connectivity index (χ1) is 11.8. The number of rotatable bonds is 4. The highest BCUT2D eigenvalue weighted by Crippen LogP contribution is 2.26. The van der Waals surface area contributed by atoms with Crippen LogP contribution < -0.4 is 5.32 Å². The molecule has 0 amide bonds. The van der Waals surface area contributed by atoms with Gasteiger partial charge in [-0.3, -0.25) is 0 Å². The van der Waals surface area contributed by atoms with Crippen molar-refractivity contribution in [3.8, 4) is 11.3 Å². The van der Waals surface area contributed by atoms with Gasteiger partial charge in [-0.05, 0) is 29.8 Å². The first kappa shape index (κ1) is 14.7. The molecule has 24 heavy (non-hydrogen) atoms. The normalized spacial score (nSPS) is 10.9. The Balaban J connectivity index is 1.60. The molecule has 1 aromatic carbocycles. The second kappa shape index (κ2) is 6.29. The van der Waals surface area contributed by atoms with Crippen LogP contribution in [0.3, 0.4) is 0 Å². The van der Waals surface area contributed by atoms with Crippen LogP contribution in [-0.2, 0) is 6.54 Å². The van der Waals surface area contributed by atoms with Crippen LogP contribution in [-0.4, -0.2) is 19.9 Å². The Morgan fingerprint density at radius 2 is 2.00 bits per heavy atom. The van der Waals surface area contributed by atoms with Gasteiger partial charge >= 0.3 is 0 Å². The molecule has 0 unspecified atom stereocenters. The van der Waals surface area contributed by atoms with E-state index in [9.17, 15) is 0 Å². The molecule has 4 rings (SSSR count). The molecule has 0 saturated heterocycles. The zero-order valence-corrected chi connectivity index (χ0v) is 13.5. The maximum absolute atomic E-state index is 6.01. The number of nitrogens with one attached hydrogen (secondary N) is 2. The zero-order chi connectivity index (χ0) is 16.4. The van der Waals surface area contributed by atoms with Crippen molar-refractivity contribution in [2.45, 2.75) is 6.54 Å². The lowest BCUT2D eigenvalue weighted by molar-refractivity contribution is 1.08. The van der Waals surface area contributed by atoms with E-state index >= 15 is 0 Å². The molecule has 0 aliphatic heterocycles. The second-order valence-corrected chi connectivity index (χ2v) is 5.81. The van der Waals surface area contributed by atoms with Crippen LogP contribution in [0.25, 0.3) is 22.3 Å². The fourth-order valence-electron chi connectivity index (χ4n) is 2.61. The van der Waals surface area contributed by atoms with Crippen molar-refractivity contribution in [3.05, 3.63) is 71.8 Å². The molecule has 0 saturated carbocycles. The molecule has 0 aliphatic rings. The molecule has 4 aromatic rings. The molecule has 2 N–H and O–H groups in total. The minimum absolute atomic E-state index is 0.645. The fourth-order valence-corrected chi connectivity index (χ4v) is 2.82. The van der Waals surface area contributed by atoms with Crippen LogP contribution in [0, 0.1) is 0 Å². The van der Waals surface area contributed by atoms with Gasteiger partial charge in [0.1, 0.15) is 17.8 Å². The highest BCUT2D eigenvalue weighted by Gasteiger charge is 2.08. The van der Waals surface area contributed by atoms with Gasteiger partial charge in [-0.15, -0.1) is 0 Å². The summed E-state index contributed by atoms with van der Waals surface area (Å²) in [5, 5.41) is 5.07. The highest BCUT2D eigenvalue weighted by molar-refractivity contribution is 6.30. The predicted molar refractivity (Wildman–Crippen MR) is 95.9 cm³/mol. The predicted octanol–water partition coefficient (Wildman–Crippen LogP) is 4.29. The first-order valence-corrected chi connectivity index (χ1v) is 7.90. The third-order valence-corrected chi connectivity index (χ3v) is 3.99. The Kier molecular flexibility index (Phi) is 3.84. The Bertz CT molecular complexity index is 995. The number of H-pyrrole nitrogens is 1. The second-order valence-electron chi connectivity index (χ2n) is 5.37. The van der Waals surface area contributed by atoms with Crippen LogP contribution in [0.5, 0.6) is 0 Å². The molecule has 0 radical (unpaired) electrons. The van der Waals surface area contributed by atoms with Crippen LogP contribution in [0.15, 0.2) is 61.2 Å². The highest BCUT2D eigenvalue weighted by atomic mass is 35.5. The Labute approximate surface area is 143 Å². The molecule has 0 spiro atoms. The van der Waals surface area contributed by atoms with Crippen molar-refractivity contribution < 1.29 is 0 Å². The van der Waals surface area contributed by atoms with Crippen molar-refractivity contribution in [1.82, 2.24) is 19.9 Å². The summed E-state index contributed by atoms with van der Waals surface area (Å²) in [6, 6.07) is 13.6. The van der Waals surface area contributed by atoms with E-state index in [1.165, 1.54) is 0 Å². The number of hydrogen-bond donors (Lipinski definition) is 2. The number of benzene rings is 1. The fraction of sp³-hybridized carbons (Fsp3) is 0.0556. The summed E-state index contributed by atoms with van der Waals surface area (Å²) in [6.07, 6.45) is 5.24. The number of pyridine rings is 1. The Morgan fingerprint density at radius 3 is 2.92 bits per heavy atom. The van der Waals surface area contributed by atoms with Gasteiger partial charge in [0, 0.05) is 41.0 Å². The number of fused-ring (bicyclic) bond motifs is 1. The summed E-state index contributed by atoms with van der Waals surface area (Å²) in [5.41, 5.74) is 3.79. The van der Waals surface area contributed by atoms with E-state index in [2.05, 4.69) is 25.3 Å². The average Bonchev–Trinajstić information content (AvgIpc) is 3.04. The van der Waals surface area contributed by atoms with Gasteiger partial charge in [0.2, 0.25) is 0 Å². The van der Waals surface area contributed by atoms with E-state index in [1.54, 1.807) is 12.5 Å². The minimum Gasteiger partial charge on any atom is -0.366 e. The topological polar surface area (TPSA) is 66.5 Å². The quantitative estimate of drug-likeness (QED) is 0.584. The van der Waals surface area contributed by atoms with Crippen LogP contribution >= 0.6 is 11.6 Å². The molecule has 3 heterocycles. The molecular weight excluding hydrogens is 322 g/mol. The summed E-state index contributed by atoms with van der Waals surface area (Å²) in [5.74, 6) is 0.762. The maximum atomic E-state index is 6.01. The number of aromatic nitrogens is 4. The van der Waals surface area contributed by atoms with Crippen molar-refractivity contribution in [2.75, 3.05) is 5.32 Å². The monoisotopic (exact) mass is 335 g/mol. The van der Waals surface area contributed by atoms with E-state index in [4.69, 9.17) is 11.6 Å². The van der Waals surface area contributed by atoms with E-state index in [-0.39, 0.29) is 0 Å². The number of hydrogen-bond acceptors (Lipinski definition) is 4. The smallest absolute Gasteiger partial charge is 0.137 e.